The molecule has 1 aromatic rings. The zero-order chi connectivity index (χ0) is 13.8. The van der Waals surface area contributed by atoms with Gasteiger partial charge in [-0.2, -0.15) is 0 Å². The Hall–Kier alpha value is -1.19. The number of rotatable bonds is 6. The highest BCUT2D eigenvalue weighted by molar-refractivity contribution is 7.89. The molecule has 0 aromatic heterocycles. The lowest BCUT2D eigenvalue weighted by atomic mass is 10.0. The van der Waals surface area contributed by atoms with Gasteiger partial charge in [0.2, 0.25) is 10.0 Å². The van der Waals surface area contributed by atoms with Crippen LogP contribution in [0.4, 0.5) is 5.69 Å². The molecule has 18 heavy (non-hydrogen) atoms. The van der Waals surface area contributed by atoms with Crippen molar-refractivity contribution < 1.29 is 23.7 Å². The van der Waals surface area contributed by atoms with Gasteiger partial charge in [0, 0.05) is 5.69 Å². The fourth-order valence-corrected chi connectivity index (χ4v) is 1.82. The second kappa shape index (κ2) is 5.63. The van der Waals surface area contributed by atoms with Crippen molar-refractivity contribution in [3.05, 3.63) is 24.3 Å². The van der Waals surface area contributed by atoms with Crippen molar-refractivity contribution in [3.63, 3.8) is 0 Å². The molecule has 0 heterocycles. The molecule has 0 radical (unpaired) electrons. The molecule has 1 rings (SSSR count). The van der Waals surface area contributed by atoms with E-state index in [1.165, 1.54) is 24.3 Å². The van der Waals surface area contributed by atoms with Crippen molar-refractivity contribution in [2.45, 2.75) is 10.4 Å². The number of anilines is 1. The molecular formula is C10H16N2O5S. The van der Waals surface area contributed by atoms with Gasteiger partial charge in [0.25, 0.3) is 0 Å². The SMILES string of the molecule is NS(=O)(=O)c1ccc(NC(CO)(CO)CO)cc1. The average Bonchev–Trinajstić information content (AvgIpc) is 2.36. The van der Waals surface area contributed by atoms with Crippen molar-refractivity contribution >= 4 is 15.7 Å². The van der Waals surface area contributed by atoms with Crippen LogP contribution >= 0.6 is 0 Å². The standard InChI is InChI=1S/C10H16N2O5S/c11-18(16,17)9-3-1-8(2-4-9)12-10(5-13,6-14)7-15/h1-4,12-15H,5-7H2,(H2,11,16,17). The Morgan fingerprint density at radius 1 is 1.06 bits per heavy atom. The monoisotopic (exact) mass is 276 g/mol. The minimum absolute atomic E-state index is 0.0457. The maximum atomic E-state index is 11.0. The summed E-state index contributed by atoms with van der Waals surface area (Å²) in [6, 6.07) is 5.42. The molecule has 0 atom stereocenters. The molecule has 0 spiro atoms. The van der Waals surface area contributed by atoms with Crippen molar-refractivity contribution in [3.8, 4) is 0 Å². The van der Waals surface area contributed by atoms with Gasteiger partial charge in [-0.1, -0.05) is 0 Å². The van der Waals surface area contributed by atoms with E-state index in [1.54, 1.807) is 0 Å². The van der Waals surface area contributed by atoms with Crippen molar-refractivity contribution in [1.82, 2.24) is 0 Å². The largest absolute Gasteiger partial charge is 0.394 e. The normalized spacial score (nSPS) is 12.4. The van der Waals surface area contributed by atoms with Gasteiger partial charge in [0.1, 0.15) is 5.54 Å². The number of benzene rings is 1. The van der Waals surface area contributed by atoms with Gasteiger partial charge in [0.05, 0.1) is 24.7 Å². The van der Waals surface area contributed by atoms with E-state index in [2.05, 4.69) is 5.32 Å². The Kier molecular flexibility index (Phi) is 4.65. The molecule has 1 aromatic carbocycles. The fourth-order valence-electron chi connectivity index (χ4n) is 1.30. The molecule has 0 amide bonds. The molecule has 0 aliphatic rings. The molecule has 0 saturated heterocycles. The molecule has 0 saturated carbocycles. The highest BCUT2D eigenvalue weighted by Crippen LogP contribution is 2.17. The first-order valence-corrected chi connectivity index (χ1v) is 6.65. The van der Waals surface area contributed by atoms with Gasteiger partial charge < -0.3 is 20.6 Å². The predicted molar refractivity (Wildman–Crippen MR) is 65.4 cm³/mol. The van der Waals surface area contributed by atoms with Crippen LogP contribution in [0.5, 0.6) is 0 Å². The third-order valence-corrected chi connectivity index (χ3v) is 3.43. The number of sulfonamides is 1. The fraction of sp³-hybridized carbons (Fsp3) is 0.400. The Balaban J connectivity index is 2.93. The smallest absolute Gasteiger partial charge is 0.238 e. The van der Waals surface area contributed by atoms with Crippen LogP contribution in [0, 0.1) is 0 Å². The molecule has 8 heteroatoms. The molecule has 0 aliphatic heterocycles. The summed E-state index contributed by atoms with van der Waals surface area (Å²) in [6.45, 7) is -1.43. The van der Waals surface area contributed by atoms with Crippen molar-refractivity contribution in [2.24, 2.45) is 5.14 Å². The van der Waals surface area contributed by atoms with Crippen molar-refractivity contribution in [2.75, 3.05) is 25.1 Å². The second-order valence-electron chi connectivity index (χ2n) is 3.95. The first-order valence-electron chi connectivity index (χ1n) is 5.10. The first kappa shape index (κ1) is 14.9. The Labute approximate surface area is 105 Å². The van der Waals surface area contributed by atoms with E-state index in [1.807, 2.05) is 0 Å². The van der Waals surface area contributed by atoms with Gasteiger partial charge in [-0.25, -0.2) is 13.6 Å². The first-order chi connectivity index (χ1) is 8.37. The number of hydrogen-bond acceptors (Lipinski definition) is 6. The van der Waals surface area contributed by atoms with Crippen molar-refractivity contribution in [1.29, 1.82) is 0 Å². The summed E-state index contributed by atoms with van der Waals surface area (Å²) in [5.41, 5.74) is -0.817. The Bertz CT molecular complexity index is 473. The van der Waals surface area contributed by atoms with E-state index in [-0.39, 0.29) is 4.90 Å². The summed E-state index contributed by atoms with van der Waals surface area (Å²) >= 11 is 0. The highest BCUT2D eigenvalue weighted by Gasteiger charge is 2.27. The quantitative estimate of drug-likeness (QED) is 0.428. The minimum atomic E-state index is -3.76. The van der Waals surface area contributed by atoms with Gasteiger partial charge in [0.15, 0.2) is 0 Å². The molecule has 102 valence electrons. The summed E-state index contributed by atoms with van der Waals surface area (Å²) in [5.74, 6) is 0. The summed E-state index contributed by atoms with van der Waals surface area (Å²) in [4.78, 5) is -0.0457. The molecule has 0 aliphatic carbocycles. The van der Waals surface area contributed by atoms with E-state index in [0.717, 1.165) is 0 Å². The van der Waals surface area contributed by atoms with Crippen LogP contribution in [0.3, 0.4) is 0 Å². The number of nitrogens with two attached hydrogens (primary N) is 1. The van der Waals surface area contributed by atoms with E-state index in [0.29, 0.717) is 5.69 Å². The predicted octanol–water partition coefficient (Wildman–Crippen LogP) is -1.54. The number of primary sulfonamides is 1. The van der Waals surface area contributed by atoms with Gasteiger partial charge in [-0.05, 0) is 24.3 Å². The van der Waals surface area contributed by atoms with E-state index >= 15 is 0 Å². The third-order valence-electron chi connectivity index (χ3n) is 2.50. The van der Waals surface area contributed by atoms with Crippen LogP contribution in [0.15, 0.2) is 29.2 Å². The van der Waals surface area contributed by atoms with Crippen LogP contribution in [-0.2, 0) is 10.0 Å². The van der Waals surface area contributed by atoms with Crippen LogP contribution in [0.25, 0.3) is 0 Å². The van der Waals surface area contributed by atoms with E-state index < -0.39 is 35.4 Å². The van der Waals surface area contributed by atoms with Crippen LogP contribution in [0.2, 0.25) is 0 Å². The second-order valence-corrected chi connectivity index (χ2v) is 5.51. The minimum Gasteiger partial charge on any atom is -0.394 e. The summed E-state index contributed by atoms with van der Waals surface area (Å²) in [6.07, 6.45) is 0. The maximum absolute atomic E-state index is 11.0. The summed E-state index contributed by atoms with van der Waals surface area (Å²) in [7, 11) is -3.76. The lowest BCUT2D eigenvalue weighted by molar-refractivity contribution is 0.0833. The molecule has 6 N–H and O–H groups in total. The average molecular weight is 276 g/mol. The van der Waals surface area contributed by atoms with Crippen LogP contribution in [0.1, 0.15) is 0 Å². The summed E-state index contributed by atoms with van der Waals surface area (Å²) in [5, 5.41) is 35.0. The number of nitrogens with one attached hydrogen (secondary N) is 1. The zero-order valence-electron chi connectivity index (χ0n) is 9.57. The van der Waals surface area contributed by atoms with E-state index in [9.17, 15) is 8.42 Å². The molecule has 0 unspecified atom stereocenters. The van der Waals surface area contributed by atoms with Gasteiger partial charge in [-0.3, -0.25) is 0 Å². The molecular weight excluding hydrogens is 260 g/mol. The zero-order valence-corrected chi connectivity index (χ0v) is 10.4. The lowest BCUT2D eigenvalue weighted by Gasteiger charge is -2.29. The topological polar surface area (TPSA) is 133 Å². The van der Waals surface area contributed by atoms with Gasteiger partial charge in [-0.15, -0.1) is 0 Å². The Morgan fingerprint density at radius 3 is 1.83 bits per heavy atom. The maximum Gasteiger partial charge on any atom is 0.238 e. The van der Waals surface area contributed by atoms with Crippen LogP contribution < -0.4 is 10.5 Å². The van der Waals surface area contributed by atoms with E-state index in [4.69, 9.17) is 20.5 Å². The number of aliphatic hydroxyl groups is 3. The third kappa shape index (κ3) is 3.40. The number of hydrogen-bond donors (Lipinski definition) is 5. The molecule has 7 nitrogen and oxygen atoms in total. The highest BCUT2D eigenvalue weighted by atomic mass is 32.2. The number of aliphatic hydroxyl groups excluding tert-OH is 3. The van der Waals surface area contributed by atoms with Gasteiger partial charge >= 0.3 is 0 Å². The lowest BCUT2D eigenvalue weighted by Crippen LogP contribution is -2.49. The van der Waals surface area contributed by atoms with Crippen LogP contribution in [-0.4, -0.2) is 49.1 Å². The molecule has 0 fully saturated rings. The Morgan fingerprint density at radius 2 is 1.50 bits per heavy atom. The summed E-state index contributed by atoms with van der Waals surface area (Å²) < 4.78 is 22.1. The molecule has 0 bridgehead atoms.